The first-order valence-corrected chi connectivity index (χ1v) is 7.78. The number of furan rings is 1. The Bertz CT molecular complexity index is 754. The summed E-state index contributed by atoms with van der Waals surface area (Å²) in [6.07, 6.45) is 0.675. The number of ether oxygens (including phenoxy) is 1. The molecule has 3 rings (SSSR count). The van der Waals surface area contributed by atoms with E-state index in [4.69, 9.17) is 9.15 Å². The Kier molecular flexibility index (Phi) is 4.57. The minimum absolute atomic E-state index is 0.0413. The summed E-state index contributed by atoms with van der Waals surface area (Å²) >= 11 is 3.10. The van der Waals surface area contributed by atoms with Crippen LogP contribution in [0.25, 0.3) is 0 Å². The number of hydrogen-bond donors (Lipinski definition) is 0. The zero-order valence-corrected chi connectivity index (χ0v) is 13.7. The van der Waals surface area contributed by atoms with Gasteiger partial charge in [0.25, 0.3) is 5.91 Å². The van der Waals surface area contributed by atoms with Crippen molar-refractivity contribution in [2.45, 2.75) is 6.42 Å². The second kappa shape index (κ2) is 6.78. The number of hydrogen-bond acceptors (Lipinski definition) is 5. The van der Waals surface area contributed by atoms with E-state index in [-0.39, 0.29) is 18.3 Å². The maximum atomic E-state index is 12.1. The third-order valence-electron chi connectivity index (χ3n) is 3.30. The highest BCUT2D eigenvalue weighted by atomic mass is 79.9. The maximum Gasteiger partial charge on any atom is 0.374 e. The molecule has 0 fully saturated rings. The van der Waals surface area contributed by atoms with Crippen LogP contribution in [0.5, 0.6) is 0 Å². The summed E-state index contributed by atoms with van der Waals surface area (Å²) in [5.74, 6) is -1.01. The molecule has 7 heteroatoms. The van der Waals surface area contributed by atoms with Crippen LogP contribution >= 0.6 is 15.9 Å². The van der Waals surface area contributed by atoms with Crippen LogP contribution in [-0.4, -0.2) is 35.7 Å². The lowest BCUT2D eigenvalue weighted by atomic mass is 10.1. The molecule has 1 amide bonds. The van der Waals surface area contributed by atoms with Gasteiger partial charge < -0.3 is 9.15 Å². The molecule has 0 spiro atoms. The standard InChI is InChI=1S/C16H13BrN2O4/c17-14-7-6-13(23-14)16(21)22-10-15(20)19-9-8-12(18-19)11-4-2-1-3-5-11/h1-7H,8-10H2. The normalized spacial score (nSPS) is 13.8. The van der Waals surface area contributed by atoms with Crippen molar-refractivity contribution in [1.82, 2.24) is 5.01 Å². The lowest BCUT2D eigenvalue weighted by molar-refractivity contribution is -0.134. The first kappa shape index (κ1) is 15.5. The van der Waals surface area contributed by atoms with Gasteiger partial charge in [0.15, 0.2) is 11.3 Å². The van der Waals surface area contributed by atoms with Crippen LogP contribution in [0.15, 0.2) is 56.7 Å². The van der Waals surface area contributed by atoms with Crippen LogP contribution < -0.4 is 0 Å². The number of benzene rings is 1. The van der Waals surface area contributed by atoms with Gasteiger partial charge in [-0.1, -0.05) is 30.3 Å². The first-order valence-electron chi connectivity index (χ1n) is 6.99. The predicted molar refractivity (Wildman–Crippen MR) is 86.0 cm³/mol. The van der Waals surface area contributed by atoms with E-state index in [9.17, 15) is 9.59 Å². The molecule has 0 bridgehead atoms. The Morgan fingerprint density at radius 3 is 2.70 bits per heavy atom. The van der Waals surface area contributed by atoms with Gasteiger partial charge in [-0.3, -0.25) is 4.79 Å². The molecule has 1 aromatic carbocycles. The second-order valence-corrected chi connectivity index (χ2v) is 5.64. The molecular weight excluding hydrogens is 364 g/mol. The second-order valence-electron chi connectivity index (χ2n) is 4.86. The molecule has 0 atom stereocenters. The number of amides is 1. The number of halogens is 1. The van der Waals surface area contributed by atoms with E-state index in [2.05, 4.69) is 21.0 Å². The summed E-state index contributed by atoms with van der Waals surface area (Å²) in [6.45, 7) is 0.107. The van der Waals surface area contributed by atoms with E-state index in [1.165, 1.54) is 11.1 Å². The average molecular weight is 377 g/mol. The number of hydrazone groups is 1. The SMILES string of the molecule is O=C(OCC(=O)N1CCC(c2ccccc2)=N1)c1ccc(Br)o1. The van der Waals surface area contributed by atoms with Gasteiger partial charge in [-0.15, -0.1) is 0 Å². The molecule has 0 aliphatic carbocycles. The van der Waals surface area contributed by atoms with Crippen LogP contribution in [0.4, 0.5) is 0 Å². The van der Waals surface area contributed by atoms with Crippen molar-refractivity contribution in [1.29, 1.82) is 0 Å². The van der Waals surface area contributed by atoms with Crippen LogP contribution in [0.1, 0.15) is 22.5 Å². The topological polar surface area (TPSA) is 72.1 Å². The molecule has 0 saturated heterocycles. The smallest absolute Gasteiger partial charge is 0.374 e. The van der Waals surface area contributed by atoms with Crippen molar-refractivity contribution < 1.29 is 18.7 Å². The molecule has 0 N–H and O–H groups in total. The molecule has 1 aliphatic rings. The summed E-state index contributed by atoms with van der Waals surface area (Å²) < 4.78 is 10.4. The Morgan fingerprint density at radius 2 is 2.00 bits per heavy atom. The van der Waals surface area contributed by atoms with Crippen LogP contribution in [-0.2, 0) is 9.53 Å². The molecule has 1 aromatic heterocycles. The summed E-state index contributed by atoms with van der Waals surface area (Å²) in [6, 6.07) is 12.7. The van der Waals surface area contributed by atoms with E-state index in [1.54, 1.807) is 6.07 Å². The molecule has 0 radical (unpaired) electrons. The Hall–Kier alpha value is -2.41. The van der Waals surface area contributed by atoms with Gasteiger partial charge in [0, 0.05) is 6.42 Å². The van der Waals surface area contributed by atoms with Crippen LogP contribution in [0, 0.1) is 0 Å². The molecule has 118 valence electrons. The Morgan fingerprint density at radius 1 is 1.22 bits per heavy atom. The summed E-state index contributed by atoms with van der Waals surface area (Å²) in [5.41, 5.74) is 1.83. The number of carbonyl (C=O) groups excluding carboxylic acids is 2. The molecule has 2 aromatic rings. The highest BCUT2D eigenvalue weighted by Crippen LogP contribution is 2.16. The van der Waals surface area contributed by atoms with Gasteiger partial charge in [-0.2, -0.15) is 5.10 Å². The minimum Gasteiger partial charge on any atom is -0.450 e. The van der Waals surface area contributed by atoms with Crippen molar-refractivity contribution in [3.8, 4) is 0 Å². The van der Waals surface area contributed by atoms with Gasteiger partial charge in [0.05, 0.1) is 12.3 Å². The van der Waals surface area contributed by atoms with Crippen molar-refractivity contribution in [3.05, 3.63) is 58.5 Å². The quantitative estimate of drug-likeness (QED) is 0.769. The zero-order chi connectivity index (χ0) is 16.2. The Balaban J connectivity index is 1.57. The summed E-state index contributed by atoms with van der Waals surface area (Å²) in [4.78, 5) is 23.8. The van der Waals surface area contributed by atoms with Crippen molar-refractivity contribution in [2.75, 3.05) is 13.2 Å². The fraction of sp³-hybridized carbons (Fsp3) is 0.188. The van der Waals surface area contributed by atoms with E-state index < -0.39 is 5.97 Å². The molecule has 23 heavy (non-hydrogen) atoms. The lowest BCUT2D eigenvalue weighted by Crippen LogP contribution is -2.28. The highest BCUT2D eigenvalue weighted by Gasteiger charge is 2.23. The monoisotopic (exact) mass is 376 g/mol. The van der Waals surface area contributed by atoms with E-state index >= 15 is 0 Å². The van der Waals surface area contributed by atoms with Crippen molar-refractivity contribution >= 4 is 33.5 Å². The number of esters is 1. The number of nitrogens with zero attached hydrogens (tertiary/aromatic N) is 2. The maximum absolute atomic E-state index is 12.1. The summed E-state index contributed by atoms with van der Waals surface area (Å²) in [5, 5.41) is 5.62. The fourth-order valence-corrected chi connectivity index (χ4v) is 2.47. The molecule has 1 aliphatic heterocycles. The van der Waals surface area contributed by atoms with Gasteiger partial charge >= 0.3 is 5.97 Å². The van der Waals surface area contributed by atoms with Crippen LogP contribution in [0.2, 0.25) is 0 Å². The van der Waals surface area contributed by atoms with Gasteiger partial charge in [-0.05, 0) is 33.6 Å². The third kappa shape index (κ3) is 3.68. The van der Waals surface area contributed by atoms with Crippen molar-refractivity contribution in [2.24, 2.45) is 5.10 Å². The van der Waals surface area contributed by atoms with E-state index in [1.807, 2.05) is 30.3 Å². The summed E-state index contributed by atoms with van der Waals surface area (Å²) in [7, 11) is 0. The largest absolute Gasteiger partial charge is 0.450 e. The minimum atomic E-state index is -0.685. The van der Waals surface area contributed by atoms with E-state index in [0.29, 0.717) is 17.6 Å². The fourth-order valence-electron chi connectivity index (χ4n) is 2.17. The first-order chi connectivity index (χ1) is 11.1. The Labute approximate surface area is 140 Å². The van der Waals surface area contributed by atoms with Gasteiger partial charge in [0.2, 0.25) is 5.76 Å². The van der Waals surface area contributed by atoms with Gasteiger partial charge in [0.1, 0.15) is 0 Å². The highest BCUT2D eigenvalue weighted by molar-refractivity contribution is 9.10. The predicted octanol–water partition coefficient (Wildman–Crippen LogP) is 2.84. The van der Waals surface area contributed by atoms with Crippen molar-refractivity contribution in [3.63, 3.8) is 0 Å². The molecule has 0 unspecified atom stereocenters. The number of rotatable bonds is 4. The molecule has 2 heterocycles. The zero-order valence-electron chi connectivity index (χ0n) is 12.1. The molecule has 0 saturated carbocycles. The molecular formula is C16H13BrN2O4. The van der Waals surface area contributed by atoms with Crippen LogP contribution in [0.3, 0.4) is 0 Å². The third-order valence-corrected chi connectivity index (χ3v) is 3.72. The molecule has 6 nitrogen and oxygen atoms in total. The number of carbonyl (C=O) groups is 2. The lowest BCUT2D eigenvalue weighted by Gasteiger charge is -2.10. The van der Waals surface area contributed by atoms with E-state index in [0.717, 1.165) is 11.3 Å². The van der Waals surface area contributed by atoms with Gasteiger partial charge in [-0.25, -0.2) is 9.80 Å². The average Bonchev–Trinajstić information content (AvgIpc) is 3.22.